The van der Waals surface area contributed by atoms with E-state index in [9.17, 15) is 18.0 Å². The third kappa shape index (κ3) is 3.37. The SMILES string of the molecule is O=C(CC(F)(F)F)N1CCCC1C1CCCNC1. The largest absolute Gasteiger partial charge is 0.397 e. The predicted octanol–water partition coefficient (Wildman–Crippen LogP) is 1.93. The monoisotopic (exact) mass is 264 g/mol. The van der Waals surface area contributed by atoms with Crippen LogP contribution in [0.1, 0.15) is 32.1 Å². The number of nitrogens with zero attached hydrogens (tertiary/aromatic N) is 1. The Morgan fingerprint density at radius 2 is 2.06 bits per heavy atom. The normalized spacial score (nSPS) is 29.6. The Labute approximate surface area is 105 Å². The Hall–Kier alpha value is -0.780. The van der Waals surface area contributed by atoms with Gasteiger partial charge in [0.05, 0.1) is 0 Å². The molecular weight excluding hydrogens is 245 g/mol. The Morgan fingerprint density at radius 3 is 2.67 bits per heavy atom. The van der Waals surface area contributed by atoms with E-state index in [0.29, 0.717) is 12.5 Å². The first-order valence-electron chi connectivity index (χ1n) is 6.54. The van der Waals surface area contributed by atoms with Gasteiger partial charge in [0.1, 0.15) is 6.42 Å². The average Bonchev–Trinajstić information content (AvgIpc) is 2.76. The zero-order valence-electron chi connectivity index (χ0n) is 10.3. The molecule has 2 aliphatic rings. The van der Waals surface area contributed by atoms with Crippen molar-refractivity contribution in [2.24, 2.45) is 5.92 Å². The van der Waals surface area contributed by atoms with Gasteiger partial charge in [0.25, 0.3) is 0 Å². The summed E-state index contributed by atoms with van der Waals surface area (Å²) in [6, 6.07) is 0.00708. The van der Waals surface area contributed by atoms with Gasteiger partial charge in [0.15, 0.2) is 0 Å². The molecule has 0 aromatic heterocycles. The van der Waals surface area contributed by atoms with E-state index >= 15 is 0 Å². The Kier molecular flexibility index (Phi) is 4.14. The van der Waals surface area contributed by atoms with Gasteiger partial charge in [0.2, 0.25) is 5.91 Å². The molecule has 6 heteroatoms. The number of hydrogen-bond acceptors (Lipinski definition) is 2. The summed E-state index contributed by atoms with van der Waals surface area (Å²) in [6.07, 6.45) is -1.99. The van der Waals surface area contributed by atoms with Gasteiger partial charge in [-0.3, -0.25) is 4.79 Å². The summed E-state index contributed by atoms with van der Waals surface area (Å²) in [7, 11) is 0. The second kappa shape index (κ2) is 5.47. The van der Waals surface area contributed by atoms with E-state index in [0.717, 1.165) is 38.8 Å². The molecule has 0 aromatic rings. The molecule has 104 valence electrons. The predicted molar refractivity (Wildman–Crippen MR) is 61.0 cm³/mol. The molecule has 0 bridgehead atoms. The second-order valence-electron chi connectivity index (χ2n) is 5.20. The van der Waals surface area contributed by atoms with Crippen LogP contribution in [0.5, 0.6) is 0 Å². The van der Waals surface area contributed by atoms with Gasteiger partial charge in [-0.05, 0) is 44.7 Å². The van der Waals surface area contributed by atoms with Crippen molar-refractivity contribution in [1.82, 2.24) is 10.2 Å². The molecule has 0 aliphatic carbocycles. The lowest BCUT2D eigenvalue weighted by Crippen LogP contribution is -2.46. The number of carbonyl (C=O) groups is 1. The van der Waals surface area contributed by atoms with Crippen molar-refractivity contribution in [2.45, 2.75) is 44.3 Å². The first-order chi connectivity index (χ1) is 8.47. The van der Waals surface area contributed by atoms with Crippen molar-refractivity contribution >= 4 is 5.91 Å². The number of alkyl halides is 3. The van der Waals surface area contributed by atoms with Gasteiger partial charge >= 0.3 is 6.18 Å². The van der Waals surface area contributed by atoms with Gasteiger partial charge in [-0.15, -0.1) is 0 Å². The quantitative estimate of drug-likeness (QED) is 0.826. The molecule has 18 heavy (non-hydrogen) atoms. The number of amides is 1. The molecule has 2 rings (SSSR count). The van der Waals surface area contributed by atoms with Crippen LogP contribution in [0.25, 0.3) is 0 Å². The Morgan fingerprint density at radius 1 is 1.28 bits per heavy atom. The van der Waals surface area contributed by atoms with Crippen molar-refractivity contribution in [3.63, 3.8) is 0 Å². The summed E-state index contributed by atoms with van der Waals surface area (Å²) in [5.74, 6) is -0.436. The first kappa shape index (κ1) is 13.6. The van der Waals surface area contributed by atoms with Crippen LogP contribution in [-0.4, -0.2) is 42.7 Å². The molecule has 0 aromatic carbocycles. The van der Waals surface area contributed by atoms with Crippen LogP contribution in [0.15, 0.2) is 0 Å². The molecule has 2 heterocycles. The van der Waals surface area contributed by atoms with Gasteiger partial charge in [-0.1, -0.05) is 0 Å². The van der Waals surface area contributed by atoms with Crippen molar-refractivity contribution < 1.29 is 18.0 Å². The highest BCUT2D eigenvalue weighted by Gasteiger charge is 2.39. The highest BCUT2D eigenvalue weighted by molar-refractivity contribution is 5.77. The number of piperidine rings is 1. The molecule has 0 radical (unpaired) electrons. The third-order valence-electron chi connectivity index (χ3n) is 3.85. The van der Waals surface area contributed by atoms with E-state index in [1.165, 1.54) is 4.90 Å². The summed E-state index contributed by atoms with van der Waals surface area (Å²) in [5, 5.41) is 3.26. The molecule has 2 fully saturated rings. The molecule has 2 aliphatic heterocycles. The average molecular weight is 264 g/mol. The van der Waals surface area contributed by atoms with Crippen LogP contribution in [0.4, 0.5) is 13.2 Å². The highest BCUT2D eigenvalue weighted by Crippen LogP contribution is 2.30. The first-order valence-corrected chi connectivity index (χ1v) is 6.54. The standard InChI is InChI=1S/C12H19F3N2O/c13-12(14,15)7-11(18)17-6-2-4-10(17)9-3-1-5-16-8-9/h9-10,16H,1-8H2. The van der Waals surface area contributed by atoms with Crippen LogP contribution in [0, 0.1) is 5.92 Å². The summed E-state index contributed by atoms with van der Waals surface area (Å²) < 4.78 is 36.8. The van der Waals surface area contributed by atoms with E-state index in [1.807, 2.05) is 0 Å². The molecule has 3 nitrogen and oxygen atoms in total. The topological polar surface area (TPSA) is 32.3 Å². The van der Waals surface area contributed by atoms with Gasteiger partial charge in [0, 0.05) is 12.6 Å². The summed E-state index contributed by atoms with van der Waals surface area (Å²) in [4.78, 5) is 13.2. The number of carbonyl (C=O) groups excluding carboxylic acids is 1. The van der Waals surface area contributed by atoms with Gasteiger partial charge < -0.3 is 10.2 Å². The van der Waals surface area contributed by atoms with Crippen LogP contribution < -0.4 is 5.32 Å². The van der Waals surface area contributed by atoms with Crippen LogP contribution >= 0.6 is 0 Å². The minimum Gasteiger partial charge on any atom is -0.339 e. The fourth-order valence-electron chi connectivity index (χ4n) is 3.07. The van der Waals surface area contributed by atoms with E-state index in [1.54, 1.807) is 0 Å². The maximum atomic E-state index is 12.3. The van der Waals surface area contributed by atoms with Crippen LogP contribution in [-0.2, 0) is 4.79 Å². The maximum Gasteiger partial charge on any atom is 0.397 e. The minimum absolute atomic E-state index is 0.00708. The lowest BCUT2D eigenvalue weighted by Gasteiger charge is -2.34. The fourth-order valence-corrected chi connectivity index (χ4v) is 3.07. The van der Waals surface area contributed by atoms with Gasteiger partial charge in [-0.2, -0.15) is 13.2 Å². The minimum atomic E-state index is -4.39. The third-order valence-corrected chi connectivity index (χ3v) is 3.85. The maximum absolute atomic E-state index is 12.3. The summed E-state index contributed by atoms with van der Waals surface area (Å²) in [5.41, 5.74) is 0. The number of hydrogen-bond donors (Lipinski definition) is 1. The number of nitrogens with one attached hydrogen (secondary N) is 1. The van der Waals surface area contributed by atoms with E-state index in [-0.39, 0.29) is 6.04 Å². The van der Waals surface area contributed by atoms with E-state index in [2.05, 4.69) is 5.32 Å². The number of halogens is 3. The van der Waals surface area contributed by atoms with Gasteiger partial charge in [-0.25, -0.2) is 0 Å². The molecule has 2 atom stereocenters. The molecule has 1 N–H and O–H groups in total. The van der Waals surface area contributed by atoms with Crippen LogP contribution in [0.2, 0.25) is 0 Å². The Balaban J connectivity index is 1.96. The number of likely N-dealkylation sites (tertiary alicyclic amines) is 1. The zero-order valence-corrected chi connectivity index (χ0v) is 10.3. The second-order valence-corrected chi connectivity index (χ2v) is 5.20. The smallest absolute Gasteiger partial charge is 0.339 e. The lowest BCUT2D eigenvalue weighted by molar-refractivity contribution is -0.162. The van der Waals surface area contributed by atoms with Crippen molar-refractivity contribution in [3.8, 4) is 0 Å². The molecule has 0 saturated carbocycles. The van der Waals surface area contributed by atoms with Crippen molar-refractivity contribution in [1.29, 1.82) is 0 Å². The van der Waals surface area contributed by atoms with E-state index in [4.69, 9.17) is 0 Å². The van der Waals surface area contributed by atoms with Crippen LogP contribution in [0.3, 0.4) is 0 Å². The highest BCUT2D eigenvalue weighted by atomic mass is 19.4. The summed E-state index contributed by atoms with van der Waals surface area (Å²) >= 11 is 0. The molecule has 0 spiro atoms. The number of rotatable bonds is 2. The lowest BCUT2D eigenvalue weighted by atomic mass is 9.90. The Bertz CT molecular complexity index is 300. The van der Waals surface area contributed by atoms with Crippen molar-refractivity contribution in [3.05, 3.63) is 0 Å². The molecule has 1 amide bonds. The van der Waals surface area contributed by atoms with Crippen molar-refractivity contribution in [2.75, 3.05) is 19.6 Å². The molecule has 2 saturated heterocycles. The zero-order chi connectivity index (χ0) is 13.2. The molecule has 2 unspecified atom stereocenters. The summed E-state index contributed by atoms with van der Waals surface area (Å²) in [6.45, 7) is 2.27. The molecular formula is C12H19F3N2O. The van der Waals surface area contributed by atoms with E-state index < -0.39 is 18.5 Å². The fraction of sp³-hybridized carbons (Fsp3) is 0.917.